The summed E-state index contributed by atoms with van der Waals surface area (Å²) in [6.45, 7) is 11.7. The SMILES string of the molecule is C=C[C@@]1(CCO[Si](c2ccccc2)(c2ccccc2)C(C)(C)C)CC[C@@H]2[C@H]1OC(=O)C[C@H]2c1ccc(OC)c(OC)c1. The Morgan fingerprint density at radius 3 is 2.12 bits per heavy atom. The third-order valence-corrected chi connectivity index (χ3v) is 14.6. The minimum Gasteiger partial charge on any atom is -0.493 e. The maximum atomic E-state index is 13.1. The van der Waals surface area contributed by atoms with Crippen molar-refractivity contribution in [1.82, 2.24) is 0 Å². The minimum atomic E-state index is -2.68. The standard InChI is InChI=1S/C36H44O5Si/c1-7-36(21-20-29-30(25-33(37)41-34(29)36)26-18-19-31(38-5)32(24-26)39-6)22-23-40-42(35(2,3)4,27-14-10-8-11-15-27)28-16-12-9-13-17-28/h7-19,24,29-30,34H,1,20-23,25H2,2-6H3/t29-,30-,34+,36-/m0/s1. The van der Waals surface area contributed by atoms with Gasteiger partial charge < -0.3 is 18.6 Å². The van der Waals surface area contributed by atoms with Crippen molar-refractivity contribution in [2.45, 2.75) is 63.5 Å². The Balaban J connectivity index is 1.44. The van der Waals surface area contributed by atoms with Crippen LogP contribution in [0.5, 0.6) is 11.5 Å². The molecule has 2 aliphatic rings. The van der Waals surface area contributed by atoms with Crippen LogP contribution in [0.2, 0.25) is 5.04 Å². The molecule has 1 saturated carbocycles. The molecule has 0 unspecified atom stereocenters. The highest BCUT2D eigenvalue weighted by Gasteiger charge is 2.55. The first-order valence-electron chi connectivity index (χ1n) is 15.0. The number of carbonyl (C=O) groups excluding carboxylic acids is 1. The van der Waals surface area contributed by atoms with E-state index in [9.17, 15) is 4.79 Å². The summed E-state index contributed by atoms with van der Waals surface area (Å²) in [6, 6.07) is 27.4. The van der Waals surface area contributed by atoms with E-state index in [0.717, 1.165) is 24.8 Å². The number of rotatable bonds is 10. The summed E-state index contributed by atoms with van der Waals surface area (Å²) in [7, 11) is 0.600. The Morgan fingerprint density at radius 2 is 1.57 bits per heavy atom. The van der Waals surface area contributed by atoms with Crippen molar-refractivity contribution in [2.75, 3.05) is 20.8 Å². The average molecular weight is 585 g/mol. The first-order valence-corrected chi connectivity index (χ1v) is 16.9. The molecule has 3 aromatic carbocycles. The van der Waals surface area contributed by atoms with Gasteiger partial charge in [0.25, 0.3) is 8.32 Å². The number of methoxy groups -OCH3 is 2. The van der Waals surface area contributed by atoms with E-state index in [-0.39, 0.29) is 34.4 Å². The Labute approximate surface area is 252 Å². The monoisotopic (exact) mass is 584 g/mol. The summed E-state index contributed by atoms with van der Waals surface area (Å²) in [4.78, 5) is 13.1. The molecule has 2 fully saturated rings. The fourth-order valence-electron chi connectivity index (χ4n) is 7.48. The quantitative estimate of drug-likeness (QED) is 0.152. The van der Waals surface area contributed by atoms with Crippen LogP contribution in [-0.4, -0.2) is 41.2 Å². The summed E-state index contributed by atoms with van der Waals surface area (Å²) < 4.78 is 24.5. The lowest BCUT2D eigenvalue weighted by molar-refractivity contribution is -0.164. The lowest BCUT2D eigenvalue weighted by Crippen LogP contribution is -2.66. The molecule has 0 amide bonds. The number of hydrogen-bond acceptors (Lipinski definition) is 5. The first kappa shape index (κ1) is 30.1. The molecule has 1 saturated heterocycles. The van der Waals surface area contributed by atoms with Gasteiger partial charge in [-0.3, -0.25) is 4.79 Å². The van der Waals surface area contributed by atoms with E-state index < -0.39 is 8.32 Å². The highest BCUT2D eigenvalue weighted by Crippen LogP contribution is 2.55. The topological polar surface area (TPSA) is 54.0 Å². The lowest BCUT2D eigenvalue weighted by Gasteiger charge is -2.44. The summed E-state index contributed by atoms with van der Waals surface area (Å²) in [5.74, 6) is 1.46. The van der Waals surface area contributed by atoms with Crippen molar-refractivity contribution >= 4 is 24.7 Å². The van der Waals surface area contributed by atoms with Gasteiger partial charge in [0.15, 0.2) is 11.5 Å². The molecule has 222 valence electrons. The normalized spacial score (nSPS) is 24.0. The van der Waals surface area contributed by atoms with Crippen molar-refractivity contribution in [1.29, 1.82) is 0 Å². The van der Waals surface area contributed by atoms with Crippen LogP contribution in [-0.2, 0) is 14.0 Å². The Morgan fingerprint density at radius 1 is 0.952 bits per heavy atom. The van der Waals surface area contributed by atoms with Gasteiger partial charge in [-0.25, -0.2) is 0 Å². The molecular weight excluding hydrogens is 540 g/mol. The Bertz CT molecular complexity index is 1340. The van der Waals surface area contributed by atoms with Crippen LogP contribution in [0.1, 0.15) is 57.9 Å². The smallest absolute Gasteiger partial charge is 0.306 e. The number of carbonyl (C=O) groups is 1. The molecule has 42 heavy (non-hydrogen) atoms. The summed E-state index contributed by atoms with van der Waals surface area (Å²) >= 11 is 0. The largest absolute Gasteiger partial charge is 0.493 e. The summed E-state index contributed by atoms with van der Waals surface area (Å²) in [6.07, 6.45) is 4.78. The van der Waals surface area contributed by atoms with Gasteiger partial charge in [0.05, 0.1) is 20.6 Å². The second-order valence-electron chi connectivity index (χ2n) is 12.7. The maximum Gasteiger partial charge on any atom is 0.306 e. The van der Waals surface area contributed by atoms with Crippen LogP contribution >= 0.6 is 0 Å². The summed E-state index contributed by atoms with van der Waals surface area (Å²) in [5.41, 5.74) is 0.740. The highest BCUT2D eigenvalue weighted by molar-refractivity contribution is 6.99. The molecule has 0 radical (unpaired) electrons. The zero-order valence-electron chi connectivity index (χ0n) is 25.6. The molecule has 0 spiro atoms. The molecule has 0 N–H and O–H groups in total. The molecular formula is C36H44O5Si. The molecule has 4 atom stereocenters. The molecule has 5 nitrogen and oxygen atoms in total. The fourth-order valence-corrected chi connectivity index (χ4v) is 12.0. The maximum absolute atomic E-state index is 13.1. The van der Waals surface area contributed by atoms with E-state index in [0.29, 0.717) is 24.5 Å². The second-order valence-corrected chi connectivity index (χ2v) is 17.0. The Kier molecular flexibility index (Phi) is 8.67. The molecule has 0 aromatic heterocycles. The van der Waals surface area contributed by atoms with Crippen LogP contribution in [0.15, 0.2) is 91.5 Å². The number of ether oxygens (including phenoxy) is 3. The van der Waals surface area contributed by atoms with Crippen LogP contribution in [0, 0.1) is 11.3 Å². The van der Waals surface area contributed by atoms with E-state index in [2.05, 4.69) is 94.1 Å². The zero-order valence-corrected chi connectivity index (χ0v) is 26.6. The van der Waals surface area contributed by atoms with Crippen molar-refractivity contribution < 1.29 is 23.4 Å². The van der Waals surface area contributed by atoms with Gasteiger partial charge in [-0.15, -0.1) is 6.58 Å². The van der Waals surface area contributed by atoms with Gasteiger partial charge in [0, 0.05) is 23.9 Å². The van der Waals surface area contributed by atoms with E-state index >= 15 is 0 Å². The van der Waals surface area contributed by atoms with Gasteiger partial charge in [-0.2, -0.15) is 0 Å². The number of esters is 1. The zero-order chi connectivity index (χ0) is 30.0. The third kappa shape index (κ3) is 5.31. The average Bonchev–Trinajstić information content (AvgIpc) is 3.37. The second kappa shape index (κ2) is 12.1. The molecule has 0 bridgehead atoms. The first-order chi connectivity index (χ1) is 20.2. The lowest BCUT2D eigenvalue weighted by atomic mass is 9.73. The molecule has 1 aliphatic carbocycles. The Hall–Kier alpha value is -3.35. The van der Waals surface area contributed by atoms with Gasteiger partial charge >= 0.3 is 5.97 Å². The number of fused-ring (bicyclic) bond motifs is 1. The van der Waals surface area contributed by atoms with Gasteiger partial charge in [0.1, 0.15) is 6.10 Å². The van der Waals surface area contributed by atoms with Gasteiger partial charge in [0.2, 0.25) is 0 Å². The van der Waals surface area contributed by atoms with Crippen LogP contribution in [0.4, 0.5) is 0 Å². The van der Waals surface area contributed by atoms with Crippen molar-refractivity contribution in [3.8, 4) is 11.5 Å². The fraction of sp³-hybridized carbons (Fsp3) is 0.417. The predicted octanol–water partition coefficient (Wildman–Crippen LogP) is 6.65. The van der Waals surface area contributed by atoms with Crippen molar-refractivity contribution in [3.63, 3.8) is 0 Å². The molecule has 1 heterocycles. The van der Waals surface area contributed by atoms with Gasteiger partial charge in [-0.1, -0.05) is 93.6 Å². The number of hydrogen-bond donors (Lipinski definition) is 0. The van der Waals surface area contributed by atoms with E-state index in [4.69, 9.17) is 18.6 Å². The van der Waals surface area contributed by atoms with E-state index in [1.54, 1.807) is 14.2 Å². The van der Waals surface area contributed by atoms with Gasteiger partial charge in [-0.05, 0) is 52.4 Å². The van der Waals surface area contributed by atoms with E-state index in [1.165, 1.54) is 10.4 Å². The van der Waals surface area contributed by atoms with Crippen LogP contribution in [0.25, 0.3) is 0 Å². The van der Waals surface area contributed by atoms with Crippen LogP contribution < -0.4 is 19.8 Å². The van der Waals surface area contributed by atoms with E-state index in [1.807, 2.05) is 18.2 Å². The number of benzene rings is 3. The molecule has 1 aliphatic heterocycles. The third-order valence-electron chi connectivity index (χ3n) is 9.61. The predicted molar refractivity (Wildman–Crippen MR) is 170 cm³/mol. The van der Waals surface area contributed by atoms with Crippen LogP contribution in [0.3, 0.4) is 0 Å². The highest BCUT2D eigenvalue weighted by atomic mass is 28.4. The molecule has 5 rings (SSSR count). The van der Waals surface area contributed by atoms with Crippen molar-refractivity contribution in [3.05, 3.63) is 97.1 Å². The van der Waals surface area contributed by atoms with Crippen molar-refractivity contribution in [2.24, 2.45) is 11.3 Å². The molecule has 3 aromatic rings. The molecule has 6 heteroatoms. The summed E-state index contributed by atoms with van der Waals surface area (Å²) in [5, 5.41) is 2.42. The minimum absolute atomic E-state index is 0.0514.